The molecule has 0 saturated heterocycles. The van der Waals surface area contributed by atoms with Gasteiger partial charge in [-0.25, -0.2) is 4.79 Å². The summed E-state index contributed by atoms with van der Waals surface area (Å²) in [7, 11) is 3.12. The molecular weight excluding hydrogens is 403 g/mol. The Morgan fingerprint density at radius 1 is 1.14 bits per heavy atom. The number of ether oxygens (including phenoxy) is 3. The first-order chi connectivity index (χ1) is 13.5. The van der Waals surface area contributed by atoms with Crippen molar-refractivity contribution in [3.63, 3.8) is 0 Å². The molecule has 0 unspecified atom stereocenters. The Hall–Kier alpha value is -2.70. The number of carbonyl (C=O) groups is 1. The second kappa shape index (κ2) is 8.54. The van der Waals surface area contributed by atoms with Crippen LogP contribution in [0, 0.1) is 0 Å². The van der Waals surface area contributed by atoms with Crippen LogP contribution < -0.4 is 14.8 Å². The maximum absolute atomic E-state index is 12.5. The summed E-state index contributed by atoms with van der Waals surface area (Å²) in [6, 6.07) is 8.57. The third-order valence-corrected chi connectivity index (χ3v) is 4.56. The minimum Gasteiger partial charge on any atom is -0.497 e. The van der Waals surface area contributed by atoms with E-state index in [1.54, 1.807) is 51.5 Å². The molecule has 0 aliphatic carbocycles. The molecule has 6 nitrogen and oxygen atoms in total. The molecule has 1 aromatic heterocycles. The third kappa shape index (κ3) is 3.93. The molecule has 0 aliphatic heterocycles. The van der Waals surface area contributed by atoms with Crippen molar-refractivity contribution in [3.05, 3.63) is 52.1 Å². The van der Waals surface area contributed by atoms with E-state index in [4.69, 9.17) is 37.4 Å². The van der Waals surface area contributed by atoms with Crippen molar-refractivity contribution in [1.29, 1.82) is 0 Å². The van der Waals surface area contributed by atoms with E-state index in [9.17, 15) is 4.79 Å². The Balaban J connectivity index is 2.25. The molecule has 146 valence electrons. The lowest BCUT2D eigenvalue weighted by atomic mass is 10.1. The number of carbonyl (C=O) groups excluding carboxylic acids is 1. The number of methoxy groups -OCH3 is 2. The summed E-state index contributed by atoms with van der Waals surface area (Å²) in [5.41, 5.74) is 1.80. The average molecular weight is 421 g/mol. The zero-order valence-electron chi connectivity index (χ0n) is 15.5. The summed E-state index contributed by atoms with van der Waals surface area (Å²) >= 11 is 12.5. The maximum Gasteiger partial charge on any atom is 0.341 e. The van der Waals surface area contributed by atoms with E-state index in [0.29, 0.717) is 43.8 Å². The van der Waals surface area contributed by atoms with Crippen molar-refractivity contribution in [3.8, 4) is 11.5 Å². The molecule has 28 heavy (non-hydrogen) atoms. The predicted molar refractivity (Wildman–Crippen MR) is 111 cm³/mol. The number of pyridine rings is 1. The Kier molecular flexibility index (Phi) is 6.11. The number of benzene rings is 2. The van der Waals surface area contributed by atoms with Gasteiger partial charge in [-0.3, -0.25) is 4.98 Å². The topological polar surface area (TPSA) is 69.7 Å². The van der Waals surface area contributed by atoms with Crippen molar-refractivity contribution < 1.29 is 19.0 Å². The van der Waals surface area contributed by atoms with Crippen LogP contribution in [-0.4, -0.2) is 31.8 Å². The van der Waals surface area contributed by atoms with Crippen LogP contribution >= 0.6 is 23.2 Å². The van der Waals surface area contributed by atoms with E-state index < -0.39 is 5.97 Å². The van der Waals surface area contributed by atoms with E-state index in [0.717, 1.165) is 0 Å². The second-order valence-electron chi connectivity index (χ2n) is 5.74. The van der Waals surface area contributed by atoms with Gasteiger partial charge < -0.3 is 19.5 Å². The molecule has 0 saturated carbocycles. The van der Waals surface area contributed by atoms with E-state index in [-0.39, 0.29) is 12.2 Å². The smallest absolute Gasteiger partial charge is 0.341 e. The minimum absolute atomic E-state index is 0.231. The number of nitrogens with zero attached hydrogens (tertiary/aromatic N) is 1. The van der Waals surface area contributed by atoms with Crippen LogP contribution in [0.4, 0.5) is 11.4 Å². The van der Waals surface area contributed by atoms with E-state index in [1.807, 2.05) is 0 Å². The summed E-state index contributed by atoms with van der Waals surface area (Å²) in [6.45, 7) is 1.97. The molecule has 8 heteroatoms. The Morgan fingerprint density at radius 2 is 1.93 bits per heavy atom. The molecule has 0 atom stereocenters. The molecule has 1 N–H and O–H groups in total. The van der Waals surface area contributed by atoms with Crippen LogP contribution in [0.15, 0.2) is 36.5 Å². The predicted octanol–water partition coefficient (Wildman–Crippen LogP) is 5.48. The van der Waals surface area contributed by atoms with Gasteiger partial charge in [0.05, 0.1) is 42.7 Å². The van der Waals surface area contributed by atoms with Crippen molar-refractivity contribution in [1.82, 2.24) is 4.98 Å². The molecule has 0 aliphatic rings. The van der Waals surface area contributed by atoms with Gasteiger partial charge in [-0.2, -0.15) is 0 Å². The number of hydrogen-bond acceptors (Lipinski definition) is 6. The minimum atomic E-state index is -0.516. The van der Waals surface area contributed by atoms with Crippen LogP contribution in [0.5, 0.6) is 11.5 Å². The summed E-state index contributed by atoms with van der Waals surface area (Å²) in [5.74, 6) is 0.668. The van der Waals surface area contributed by atoms with Gasteiger partial charge in [0.15, 0.2) is 0 Å². The summed E-state index contributed by atoms with van der Waals surface area (Å²) in [5, 5.41) is 4.61. The highest BCUT2D eigenvalue weighted by Gasteiger charge is 2.20. The largest absolute Gasteiger partial charge is 0.497 e. The summed E-state index contributed by atoms with van der Waals surface area (Å²) in [4.78, 5) is 16.8. The zero-order chi connectivity index (χ0) is 20.3. The van der Waals surface area contributed by atoms with Gasteiger partial charge in [-0.1, -0.05) is 23.2 Å². The van der Waals surface area contributed by atoms with Crippen molar-refractivity contribution in [2.45, 2.75) is 6.92 Å². The number of halogens is 2. The highest BCUT2D eigenvalue weighted by Crippen LogP contribution is 2.38. The van der Waals surface area contributed by atoms with Crippen LogP contribution in [0.3, 0.4) is 0 Å². The maximum atomic E-state index is 12.5. The molecule has 0 spiro atoms. The molecule has 1 heterocycles. The summed E-state index contributed by atoms with van der Waals surface area (Å²) < 4.78 is 15.9. The van der Waals surface area contributed by atoms with Gasteiger partial charge >= 0.3 is 5.97 Å². The highest BCUT2D eigenvalue weighted by molar-refractivity contribution is 6.38. The van der Waals surface area contributed by atoms with Gasteiger partial charge in [0.25, 0.3) is 0 Å². The molecule has 3 rings (SSSR count). The van der Waals surface area contributed by atoms with Crippen LogP contribution in [0.2, 0.25) is 10.0 Å². The van der Waals surface area contributed by atoms with Gasteiger partial charge in [-0.05, 0) is 31.2 Å². The van der Waals surface area contributed by atoms with E-state index >= 15 is 0 Å². The van der Waals surface area contributed by atoms with Gasteiger partial charge in [0, 0.05) is 22.7 Å². The van der Waals surface area contributed by atoms with Crippen molar-refractivity contribution >= 4 is 51.4 Å². The fourth-order valence-electron chi connectivity index (χ4n) is 2.77. The molecule has 0 radical (unpaired) electrons. The molecule has 0 bridgehead atoms. The Labute approximate surface area is 172 Å². The Morgan fingerprint density at radius 3 is 2.61 bits per heavy atom. The first kappa shape index (κ1) is 20.0. The Bertz CT molecular complexity index is 1040. The fourth-order valence-corrected chi connectivity index (χ4v) is 3.31. The number of esters is 1. The molecule has 3 aromatic rings. The number of aromatic nitrogens is 1. The number of fused-ring (bicyclic) bond motifs is 1. The number of hydrogen-bond donors (Lipinski definition) is 1. The highest BCUT2D eigenvalue weighted by atomic mass is 35.5. The van der Waals surface area contributed by atoms with Crippen molar-refractivity contribution in [2.24, 2.45) is 0 Å². The van der Waals surface area contributed by atoms with Gasteiger partial charge in [0.2, 0.25) is 0 Å². The third-order valence-electron chi connectivity index (χ3n) is 4.05. The van der Waals surface area contributed by atoms with Crippen molar-refractivity contribution in [2.75, 3.05) is 26.1 Å². The lowest BCUT2D eigenvalue weighted by Crippen LogP contribution is -2.10. The lowest BCUT2D eigenvalue weighted by Gasteiger charge is -2.17. The molecule has 0 amide bonds. The first-order valence-corrected chi connectivity index (χ1v) is 9.18. The van der Waals surface area contributed by atoms with E-state index in [2.05, 4.69) is 10.3 Å². The monoisotopic (exact) mass is 420 g/mol. The second-order valence-corrected chi connectivity index (χ2v) is 6.59. The van der Waals surface area contributed by atoms with Gasteiger partial charge in [-0.15, -0.1) is 0 Å². The normalized spacial score (nSPS) is 10.6. The summed E-state index contributed by atoms with van der Waals surface area (Å²) in [6.07, 6.45) is 1.43. The van der Waals surface area contributed by atoms with Crippen LogP contribution in [0.1, 0.15) is 17.3 Å². The van der Waals surface area contributed by atoms with Crippen LogP contribution in [0.25, 0.3) is 10.9 Å². The first-order valence-electron chi connectivity index (χ1n) is 8.42. The molecule has 2 aromatic carbocycles. The van der Waals surface area contributed by atoms with Gasteiger partial charge in [0.1, 0.15) is 17.1 Å². The fraction of sp³-hybridized carbons (Fsp3) is 0.200. The zero-order valence-corrected chi connectivity index (χ0v) is 17.0. The SMILES string of the molecule is CCOC(=O)c1cnc2c(Cl)cc(Cl)cc2c1Nc1cc(OC)ccc1OC. The number of anilines is 2. The van der Waals surface area contributed by atoms with Crippen LogP contribution in [-0.2, 0) is 4.74 Å². The van der Waals surface area contributed by atoms with E-state index in [1.165, 1.54) is 6.20 Å². The number of rotatable bonds is 6. The number of nitrogens with one attached hydrogen (secondary N) is 1. The standard InChI is InChI=1S/C20H18Cl2N2O4/c1-4-28-20(25)14-10-23-19-13(7-11(21)8-15(19)22)18(14)24-16-9-12(26-2)5-6-17(16)27-3/h5-10H,4H2,1-3H3,(H,23,24). The molecule has 0 fully saturated rings. The average Bonchev–Trinajstić information content (AvgIpc) is 2.68. The lowest BCUT2D eigenvalue weighted by molar-refractivity contribution is 0.0527. The molecular formula is C20H18Cl2N2O4. The quantitative estimate of drug-likeness (QED) is 0.532.